The third-order valence-electron chi connectivity index (χ3n) is 3.67. The molecule has 1 aromatic rings. The van der Waals surface area contributed by atoms with E-state index in [2.05, 4.69) is 40.0 Å². The molecular formula is C16H23BrFN3O2. The molecule has 23 heavy (non-hydrogen) atoms. The number of benzene rings is 1. The largest absolute Gasteiger partial charge is 0.382 e. The van der Waals surface area contributed by atoms with E-state index in [-0.39, 0.29) is 11.7 Å². The Morgan fingerprint density at radius 1 is 1.57 bits per heavy atom. The molecule has 1 aliphatic rings. The van der Waals surface area contributed by atoms with Crippen molar-refractivity contribution in [2.24, 2.45) is 11.7 Å². The Morgan fingerprint density at radius 3 is 2.96 bits per heavy atom. The maximum absolute atomic E-state index is 13.9. The van der Waals surface area contributed by atoms with Crippen molar-refractivity contribution in [3.63, 3.8) is 0 Å². The molecule has 5 nitrogen and oxygen atoms in total. The fraction of sp³-hybridized carbons (Fsp3) is 0.562. The molecule has 0 saturated carbocycles. The molecule has 0 radical (unpaired) electrons. The van der Waals surface area contributed by atoms with Crippen molar-refractivity contribution < 1.29 is 13.9 Å². The first-order valence-corrected chi connectivity index (χ1v) is 8.52. The number of rotatable bonds is 6. The highest BCUT2D eigenvalue weighted by molar-refractivity contribution is 9.10. The highest BCUT2D eigenvalue weighted by Gasteiger charge is 2.22. The van der Waals surface area contributed by atoms with E-state index in [0.717, 1.165) is 19.6 Å². The zero-order chi connectivity index (χ0) is 17.0. The van der Waals surface area contributed by atoms with E-state index in [1.807, 2.05) is 0 Å². The molecule has 0 bridgehead atoms. The zero-order valence-corrected chi connectivity index (χ0v) is 15.0. The third-order valence-corrected chi connectivity index (χ3v) is 4.13. The van der Waals surface area contributed by atoms with Gasteiger partial charge in [0.05, 0.1) is 24.0 Å². The molecular weight excluding hydrogens is 365 g/mol. The van der Waals surface area contributed by atoms with Crippen LogP contribution < -0.4 is 11.1 Å². The SMILES string of the molecule is CC(C)CN1CCOC(CNc2cc(Br)cc(F)c2C(N)=O)C1. The van der Waals surface area contributed by atoms with Crippen molar-refractivity contribution in [2.45, 2.75) is 20.0 Å². The Hall–Kier alpha value is -1.18. The topological polar surface area (TPSA) is 67.6 Å². The van der Waals surface area contributed by atoms with Gasteiger partial charge in [-0.3, -0.25) is 9.69 Å². The van der Waals surface area contributed by atoms with E-state index in [1.165, 1.54) is 6.07 Å². The first-order valence-electron chi connectivity index (χ1n) is 7.73. The van der Waals surface area contributed by atoms with Gasteiger partial charge in [0, 0.05) is 30.7 Å². The van der Waals surface area contributed by atoms with Crippen LogP contribution in [0.3, 0.4) is 0 Å². The van der Waals surface area contributed by atoms with Gasteiger partial charge in [0.2, 0.25) is 0 Å². The fourth-order valence-electron chi connectivity index (χ4n) is 2.77. The highest BCUT2D eigenvalue weighted by Crippen LogP contribution is 2.25. The van der Waals surface area contributed by atoms with Crippen molar-refractivity contribution in [3.8, 4) is 0 Å². The van der Waals surface area contributed by atoms with Gasteiger partial charge in [0.25, 0.3) is 5.91 Å². The Kier molecular flexibility index (Phi) is 6.38. The number of nitrogens with zero attached hydrogens (tertiary/aromatic N) is 1. The Bertz CT molecular complexity index is 569. The minimum Gasteiger partial charge on any atom is -0.382 e. The second-order valence-electron chi connectivity index (χ2n) is 6.20. The molecule has 1 aromatic carbocycles. The lowest BCUT2D eigenvalue weighted by Gasteiger charge is -2.34. The monoisotopic (exact) mass is 387 g/mol. The first-order chi connectivity index (χ1) is 10.9. The van der Waals surface area contributed by atoms with Crippen LogP contribution in [0.25, 0.3) is 0 Å². The van der Waals surface area contributed by atoms with Crippen molar-refractivity contribution in [1.29, 1.82) is 0 Å². The van der Waals surface area contributed by atoms with Crippen molar-refractivity contribution >= 4 is 27.5 Å². The third kappa shape index (κ3) is 5.16. The summed E-state index contributed by atoms with van der Waals surface area (Å²) in [4.78, 5) is 13.8. The van der Waals surface area contributed by atoms with E-state index < -0.39 is 11.7 Å². The number of morpholine rings is 1. The smallest absolute Gasteiger partial charge is 0.253 e. The number of nitrogens with one attached hydrogen (secondary N) is 1. The number of ether oxygens (including phenoxy) is 1. The molecule has 1 amide bonds. The maximum atomic E-state index is 13.9. The Labute approximate surface area is 144 Å². The van der Waals surface area contributed by atoms with Crippen molar-refractivity contribution in [3.05, 3.63) is 28.0 Å². The van der Waals surface area contributed by atoms with Gasteiger partial charge in [-0.25, -0.2) is 4.39 Å². The number of anilines is 1. The summed E-state index contributed by atoms with van der Waals surface area (Å²) in [6.45, 7) is 8.30. The standard InChI is InChI=1S/C16H23BrFN3O2/c1-10(2)8-21-3-4-23-12(9-21)7-20-14-6-11(17)5-13(18)15(14)16(19)22/h5-6,10,12,20H,3-4,7-9H2,1-2H3,(H2,19,22). The van der Waals surface area contributed by atoms with Gasteiger partial charge < -0.3 is 15.8 Å². The molecule has 3 N–H and O–H groups in total. The lowest BCUT2D eigenvalue weighted by atomic mass is 10.1. The minimum absolute atomic E-state index is 0.00901. The van der Waals surface area contributed by atoms with E-state index in [1.54, 1.807) is 6.07 Å². The van der Waals surface area contributed by atoms with Crippen LogP contribution >= 0.6 is 15.9 Å². The predicted octanol–water partition coefficient (Wildman–Crippen LogP) is 2.46. The second-order valence-corrected chi connectivity index (χ2v) is 7.12. The van der Waals surface area contributed by atoms with Crippen LogP contribution in [-0.4, -0.2) is 49.7 Å². The molecule has 0 aromatic heterocycles. The fourth-order valence-corrected chi connectivity index (χ4v) is 3.20. The number of hydrogen-bond acceptors (Lipinski definition) is 4. The number of primary amides is 1. The maximum Gasteiger partial charge on any atom is 0.253 e. The summed E-state index contributed by atoms with van der Waals surface area (Å²) in [6.07, 6.45) is -0.00901. The molecule has 1 atom stereocenters. The van der Waals surface area contributed by atoms with Gasteiger partial charge in [0.1, 0.15) is 5.82 Å². The van der Waals surface area contributed by atoms with Gasteiger partial charge >= 0.3 is 0 Å². The lowest BCUT2D eigenvalue weighted by molar-refractivity contribution is -0.0244. The molecule has 1 heterocycles. The molecule has 2 rings (SSSR count). The summed E-state index contributed by atoms with van der Waals surface area (Å²) in [5.41, 5.74) is 5.54. The minimum atomic E-state index is -0.788. The molecule has 0 aliphatic carbocycles. The van der Waals surface area contributed by atoms with Gasteiger partial charge in [-0.05, 0) is 18.1 Å². The van der Waals surface area contributed by atoms with Gasteiger partial charge in [-0.15, -0.1) is 0 Å². The number of amides is 1. The first kappa shape index (κ1) is 18.2. The quantitative estimate of drug-likeness (QED) is 0.786. The lowest BCUT2D eigenvalue weighted by Crippen LogP contribution is -2.46. The van der Waals surface area contributed by atoms with E-state index in [0.29, 0.717) is 29.2 Å². The summed E-state index contributed by atoms with van der Waals surface area (Å²) in [6, 6.07) is 2.88. The average Bonchev–Trinajstić information content (AvgIpc) is 2.43. The van der Waals surface area contributed by atoms with E-state index in [4.69, 9.17) is 10.5 Å². The number of halogens is 2. The number of carbonyl (C=O) groups excluding carboxylic acids is 1. The molecule has 1 aliphatic heterocycles. The van der Waals surface area contributed by atoms with Crippen LogP contribution in [0.15, 0.2) is 16.6 Å². The van der Waals surface area contributed by atoms with Crippen LogP contribution in [0.1, 0.15) is 24.2 Å². The summed E-state index contributed by atoms with van der Waals surface area (Å²) in [5.74, 6) is -0.828. The van der Waals surface area contributed by atoms with E-state index >= 15 is 0 Å². The van der Waals surface area contributed by atoms with Crippen LogP contribution in [-0.2, 0) is 4.74 Å². The Morgan fingerprint density at radius 2 is 2.30 bits per heavy atom. The summed E-state index contributed by atoms with van der Waals surface area (Å²) >= 11 is 3.23. The van der Waals surface area contributed by atoms with Gasteiger partial charge in [-0.1, -0.05) is 29.8 Å². The zero-order valence-electron chi connectivity index (χ0n) is 13.4. The molecule has 1 fully saturated rings. The average molecular weight is 388 g/mol. The number of carbonyl (C=O) groups is 1. The molecule has 128 valence electrons. The summed E-state index contributed by atoms with van der Waals surface area (Å²) < 4.78 is 20.2. The van der Waals surface area contributed by atoms with Gasteiger partial charge in [-0.2, -0.15) is 0 Å². The van der Waals surface area contributed by atoms with Crippen molar-refractivity contribution in [2.75, 3.05) is 38.1 Å². The van der Waals surface area contributed by atoms with Crippen LogP contribution in [0.2, 0.25) is 0 Å². The van der Waals surface area contributed by atoms with Crippen LogP contribution in [0.4, 0.5) is 10.1 Å². The molecule has 1 unspecified atom stereocenters. The molecule has 0 spiro atoms. The number of nitrogens with two attached hydrogens (primary N) is 1. The Balaban J connectivity index is 2.02. The summed E-state index contributed by atoms with van der Waals surface area (Å²) in [5, 5.41) is 3.10. The predicted molar refractivity (Wildman–Crippen MR) is 92.1 cm³/mol. The normalized spacial score (nSPS) is 19.1. The van der Waals surface area contributed by atoms with Crippen LogP contribution in [0, 0.1) is 11.7 Å². The van der Waals surface area contributed by atoms with Crippen LogP contribution in [0.5, 0.6) is 0 Å². The molecule has 7 heteroatoms. The number of hydrogen-bond donors (Lipinski definition) is 2. The second kappa shape index (κ2) is 8.08. The highest BCUT2D eigenvalue weighted by atomic mass is 79.9. The molecule has 1 saturated heterocycles. The summed E-state index contributed by atoms with van der Waals surface area (Å²) in [7, 11) is 0. The van der Waals surface area contributed by atoms with Gasteiger partial charge in [0.15, 0.2) is 0 Å². The van der Waals surface area contributed by atoms with E-state index in [9.17, 15) is 9.18 Å². The van der Waals surface area contributed by atoms with Crippen molar-refractivity contribution in [1.82, 2.24) is 4.90 Å².